The Balaban J connectivity index is 1.77. The molecular weight excluding hydrogens is 238 g/mol. The van der Waals surface area contributed by atoms with Gasteiger partial charge < -0.3 is 10.8 Å². The zero-order valence-corrected chi connectivity index (χ0v) is 11.1. The quantitative estimate of drug-likeness (QED) is 0.825. The smallest absolute Gasteiger partial charge is 0.310 e. The van der Waals surface area contributed by atoms with Crippen molar-refractivity contribution >= 4 is 5.97 Å². The fraction of sp³-hybridized carbons (Fsp3) is 0.562. The van der Waals surface area contributed by atoms with Crippen LogP contribution in [0.25, 0.3) is 0 Å². The Labute approximate surface area is 113 Å². The van der Waals surface area contributed by atoms with Crippen molar-refractivity contribution in [2.45, 2.75) is 38.0 Å². The van der Waals surface area contributed by atoms with E-state index in [9.17, 15) is 9.90 Å². The Morgan fingerprint density at radius 3 is 2.63 bits per heavy atom. The van der Waals surface area contributed by atoms with Gasteiger partial charge in [-0.3, -0.25) is 4.79 Å². The van der Waals surface area contributed by atoms with E-state index in [1.807, 2.05) is 12.1 Å². The number of hydrogen-bond acceptors (Lipinski definition) is 2. The van der Waals surface area contributed by atoms with Crippen molar-refractivity contribution in [2.75, 3.05) is 6.54 Å². The van der Waals surface area contributed by atoms with Crippen LogP contribution in [0.3, 0.4) is 0 Å². The predicted octanol–water partition coefficient (Wildman–Crippen LogP) is 2.55. The lowest BCUT2D eigenvalue weighted by Gasteiger charge is -2.37. The summed E-state index contributed by atoms with van der Waals surface area (Å²) >= 11 is 0. The third kappa shape index (κ3) is 2.27. The molecule has 3 nitrogen and oxygen atoms in total. The fourth-order valence-corrected chi connectivity index (χ4v) is 3.40. The van der Waals surface area contributed by atoms with Crippen molar-refractivity contribution in [1.29, 1.82) is 0 Å². The summed E-state index contributed by atoms with van der Waals surface area (Å²) in [6.07, 6.45) is 4.83. The lowest BCUT2D eigenvalue weighted by atomic mass is 9.66. The number of hydrogen-bond donors (Lipinski definition) is 2. The molecule has 1 aromatic rings. The van der Waals surface area contributed by atoms with E-state index < -0.39 is 11.4 Å². The molecule has 3 heteroatoms. The third-order valence-electron chi connectivity index (χ3n) is 4.82. The molecule has 0 aromatic heterocycles. The first-order chi connectivity index (χ1) is 9.14. The zero-order valence-electron chi connectivity index (χ0n) is 11.1. The molecule has 2 aliphatic carbocycles. The van der Waals surface area contributed by atoms with E-state index in [1.165, 1.54) is 24.0 Å². The standard InChI is InChI=1S/C16H21NO2/c17-10-16(15(18)19,8-11-5-6-11)9-13-7-12-3-1-2-4-14(12)13/h1-4,11,13H,5-10,17H2,(H,18,19). The Morgan fingerprint density at radius 2 is 2.05 bits per heavy atom. The molecule has 0 bridgehead atoms. The van der Waals surface area contributed by atoms with Crippen LogP contribution < -0.4 is 5.73 Å². The van der Waals surface area contributed by atoms with Gasteiger partial charge in [-0.15, -0.1) is 0 Å². The second kappa shape index (κ2) is 4.64. The average molecular weight is 259 g/mol. The minimum Gasteiger partial charge on any atom is -0.481 e. The Bertz CT molecular complexity index is 495. The van der Waals surface area contributed by atoms with Crippen LogP contribution in [0.4, 0.5) is 0 Å². The van der Waals surface area contributed by atoms with E-state index in [0.717, 1.165) is 12.8 Å². The normalized spacial score (nSPS) is 24.2. The summed E-state index contributed by atoms with van der Waals surface area (Å²) < 4.78 is 0. The van der Waals surface area contributed by atoms with Crippen LogP contribution in [-0.2, 0) is 11.2 Å². The molecule has 0 radical (unpaired) electrons. The molecule has 0 aliphatic heterocycles. The molecule has 3 N–H and O–H groups in total. The van der Waals surface area contributed by atoms with Crippen molar-refractivity contribution in [3.05, 3.63) is 35.4 Å². The van der Waals surface area contributed by atoms with Gasteiger partial charge in [0.05, 0.1) is 5.41 Å². The van der Waals surface area contributed by atoms with Crippen molar-refractivity contribution in [1.82, 2.24) is 0 Å². The lowest BCUT2D eigenvalue weighted by Crippen LogP contribution is -2.42. The van der Waals surface area contributed by atoms with Crippen LogP contribution in [0, 0.1) is 11.3 Å². The molecule has 0 saturated heterocycles. The van der Waals surface area contributed by atoms with E-state index in [0.29, 0.717) is 18.3 Å². The number of rotatable bonds is 6. The van der Waals surface area contributed by atoms with Crippen LogP contribution >= 0.6 is 0 Å². The lowest BCUT2D eigenvalue weighted by molar-refractivity contribution is -0.150. The van der Waals surface area contributed by atoms with E-state index in [-0.39, 0.29) is 6.54 Å². The Morgan fingerprint density at radius 1 is 1.32 bits per heavy atom. The van der Waals surface area contributed by atoms with Gasteiger partial charge in [-0.1, -0.05) is 37.1 Å². The largest absolute Gasteiger partial charge is 0.481 e. The van der Waals surface area contributed by atoms with E-state index in [4.69, 9.17) is 5.73 Å². The molecule has 2 atom stereocenters. The molecule has 102 valence electrons. The number of carbonyl (C=O) groups is 1. The molecule has 3 rings (SSSR count). The molecule has 2 aliphatic rings. The molecular formula is C16H21NO2. The van der Waals surface area contributed by atoms with Gasteiger partial charge in [-0.25, -0.2) is 0 Å². The predicted molar refractivity (Wildman–Crippen MR) is 74.0 cm³/mol. The number of fused-ring (bicyclic) bond motifs is 1. The average Bonchev–Trinajstić information content (AvgIpc) is 3.18. The van der Waals surface area contributed by atoms with Crippen molar-refractivity contribution < 1.29 is 9.90 Å². The number of benzene rings is 1. The fourth-order valence-electron chi connectivity index (χ4n) is 3.40. The first-order valence-electron chi connectivity index (χ1n) is 7.16. The minimum absolute atomic E-state index is 0.261. The van der Waals surface area contributed by atoms with Gasteiger partial charge in [0.25, 0.3) is 0 Å². The molecule has 0 amide bonds. The maximum Gasteiger partial charge on any atom is 0.310 e. The summed E-state index contributed by atoms with van der Waals surface area (Å²) in [5.41, 5.74) is 7.84. The third-order valence-corrected chi connectivity index (χ3v) is 4.82. The number of nitrogens with two attached hydrogens (primary N) is 1. The van der Waals surface area contributed by atoms with Crippen LogP contribution in [0.15, 0.2) is 24.3 Å². The summed E-state index contributed by atoms with van der Waals surface area (Å²) in [4.78, 5) is 11.7. The molecule has 19 heavy (non-hydrogen) atoms. The van der Waals surface area contributed by atoms with Gasteiger partial charge in [-0.2, -0.15) is 0 Å². The summed E-state index contributed by atoms with van der Waals surface area (Å²) in [5, 5.41) is 9.64. The summed E-state index contributed by atoms with van der Waals surface area (Å²) in [5.74, 6) is 0.274. The summed E-state index contributed by atoms with van der Waals surface area (Å²) in [7, 11) is 0. The molecule has 1 aromatic carbocycles. The highest BCUT2D eigenvalue weighted by Crippen LogP contribution is 2.48. The monoisotopic (exact) mass is 259 g/mol. The van der Waals surface area contributed by atoms with Gasteiger partial charge >= 0.3 is 5.97 Å². The SMILES string of the molecule is NCC(CC1CC1)(CC1Cc2ccccc21)C(=O)O. The molecule has 0 spiro atoms. The molecule has 0 heterocycles. The topological polar surface area (TPSA) is 63.3 Å². The minimum atomic E-state index is -0.709. The van der Waals surface area contributed by atoms with Gasteiger partial charge in [0.15, 0.2) is 0 Å². The first-order valence-corrected chi connectivity index (χ1v) is 7.16. The number of carboxylic acid groups (broad SMARTS) is 1. The van der Waals surface area contributed by atoms with E-state index >= 15 is 0 Å². The van der Waals surface area contributed by atoms with E-state index in [1.54, 1.807) is 0 Å². The summed E-state index contributed by atoms with van der Waals surface area (Å²) in [6.45, 7) is 0.261. The molecule has 1 fully saturated rings. The number of aliphatic carboxylic acids is 1. The van der Waals surface area contributed by atoms with Gasteiger partial charge in [-0.05, 0) is 42.2 Å². The van der Waals surface area contributed by atoms with Crippen molar-refractivity contribution in [3.8, 4) is 0 Å². The highest BCUT2D eigenvalue weighted by Gasteiger charge is 2.45. The van der Waals surface area contributed by atoms with Gasteiger partial charge in [0.2, 0.25) is 0 Å². The maximum atomic E-state index is 11.7. The zero-order chi connectivity index (χ0) is 13.5. The van der Waals surface area contributed by atoms with Gasteiger partial charge in [0.1, 0.15) is 0 Å². The highest BCUT2D eigenvalue weighted by atomic mass is 16.4. The van der Waals surface area contributed by atoms with E-state index in [2.05, 4.69) is 12.1 Å². The van der Waals surface area contributed by atoms with Crippen molar-refractivity contribution in [2.24, 2.45) is 17.1 Å². The summed E-state index contributed by atoms with van der Waals surface area (Å²) in [6, 6.07) is 8.35. The second-order valence-corrected chi connectivity index (χ2v) is 6.24. The Hall–Kier alpha value is -1.35. The van der Waals surface area contributed by atoms with Crippen LogP contribution in [0.2, 0.25) is 0 Å². The van der Waals surface area contributed by atoms with Crippen LogP contribution in [0.5, 0.6) is 0 Å². The maximum absolute atomic E-state index is 11.7. The molecule has 2 unspecified atom stereocenters. The highest BCUT2D eigenvalue weighted by molar-refractivity contribution is 5.75. The molecule has 1 saturated carbocycles. The number of carboxylic acids is 1. The second-order valence-electron chi connectivity index (χ2n) is 6.24. The Kier molecular flexibility index (Phi) is 3.09. The van der Waals surface area contributed by atoms with Crippen LogP contribution in [0.1, 0.15) is 42.7 Å². The van der Waals surface area contributed by atoms with Gasteiger partial charge in [0, 0.05) is 6.54 Å². The van der Waals surface area contributed by atoms with Crippen LogP contribution in [-0.4, -0.2) is 17.6 Å². The first kappa shape index (κ1) is 12.7. The van der Waals surface area contributed by atoms with Crippen molar-refractivity contribution in [3.63, 3.8) is 0 Å².